The molecule has 2 saturated heterocycles. The fourth-order valence-corrected chi connectivity index (χ4v) is 6.37. The van der Waals surface area contributed by atoms with Crippen molar-refractivity contribution in [1.82, 2.24) is 40.4 Å². The zero-order valence-corrected chi connectivity index (χ0v) is 30.6. The van der Waals surface area contributed by atoms with Crippen LogP contribution in [0.2, 0.25) is 0 Å². The number of carbonyl (C=O) groups excluding carboxylic acids is 7. The minimum Gasteiger partial charge on any atom is -0.467 e. The second-order valence-electron chi connectivity index (χ2n) is 13.1. The van der Waals surface area contributed by atoms with E-state index in [2.05, 4.69) is 21.0 Å². The molecule has 3 fully saturated rings. The van der Waals surface area contributed by atoms with E-state index in [-0.39, 0.29) is 81.8 Å². The Kier molecular flexibility index (Phi) is 13.8. The fraction of sp³-hybridized carbons (Fsp3) is 0.556. The molecule has 1 aromatic carbocycles. The Hall–Kier alpha value is -5.68. The third-order valence-corrected chi connectivity index (χ3v) is 9.48. The highest BCUT2D eigenvalue weighted by molar-refractivity contribution is 6.32. The Morgan fingerprint density at radius 2 is 1.57 bits per heavy atom. The Labute approximate surface area is 312 Å². The summed E-state index contributed by atoms with van der Waals surface area (Å²) in [4.78, 5) is 94.5. The Balaban J connectivity index is 1.29. The number of nitrogens with zero attached hydrogens (tertiary/aromatic N) is 5. The number of benzene rings is 1. The molecule has 1 aromatic heterocycles. The van der Waals surface area contributed by atoms with Crippen LogP contribution in [0.3, 0.4) is 0 Å². The topological polar surface area (TPSA) is 211 Å². The Morgan fingerprint density at radius 3 is 2.24 bits per heavy atom. The maximum Gasteiger partial charge on any atom is 0.409 e. The smallest absolute Gasteiger partial charge is 0.409 e. The first-order valence-corrected chi connectivity index (χ1v) is 18.4. The number of rotatable bonds is 14. The van der Waals surface area contributed by atoms with Crippen LogP contribution in [-0.2, 0) is 33.4 Å². The van der Waals surface area contributed by atoms with Crippen LogP contribution in [0.5, 0.6) is 5.88 Å². The summed E-state index contributed by atoms with van der Waals surface area (Å²) >= 11 is 0. The van der Waals surface area contributed by atoms with Gasteiger partial charge in [0.1, 0.15) is 12.1 Å². The van der Waals surface area contributed by atoms with Crippen LogP contribution in [0.4, 0.5) is 4.79 Å². The lowest BCUT2D eigenvalue weighted by Crippen LogP contribution is -2.56. The van der Waals surface area contributed by atoms with Gasteiger partial charge >= 0.3 is 18.0 Å². The molecule has 5 rings (SSSR count). The van der Waals surface area contributed by atoms with Gasteiger partial charge in [0.15, 0.2) is 12.3 Å². The van der Waals surface area contributed by atoms with E-state index >= 15 is 0 Å². The largest absolute Gasteiger partial charge is 0.467 e. The summed E-state index contributed by atoms with van der Waals surface area (Å²) in [6, 6.07) is 8.56. The molecule has 1 aliphatic carbocycles. The van der Waals surface area contributed by atoms with E-state index in [0.717, 1.165) is 19.3 Å². The summed E-state index contributed by atoms with van der Waals surface area (Å²) in [5.74, 6) is -3.75. The number of amides is 6. The SMILES string of the molecule is CCOC(=O)C(=O)NCCC(NC(=O)c1cc(OCC(=O)N2CCCC2C(=O)NC2CCC2)n(-c2ccccc2)n1)C(=O)N1CCN(C(=O)OCC)CC1. The average molecular weight is 753 g/mol. The lowest BCUT2D eigenvalue weighted by molar-refractivity contribution is -0.154. The van der Waals surface area contributed by atoms with Gasteiger partial charge in [0.05, 0.1) is 18.9 Å². The number of likely N-dealkylation sites (tertiary alicyclic amines) is 1. The highest BCUT2D eigenvalue weighted by Crippen LogP contribution is 2.24. The molecule has 2 atom stereocenters. The molecule has 2 unspecified atom stereocenters. The molecular formula is C36H48N8O10. The zero-order valence-electron chi connectivity index (χ0n) is 30.6. The first-order chi connectivity index (χ1) is 26.1. The summed E-state index contributed by atoms with van der Waals surface area (Å²) in [7, 11) is 0. The maximum atomic E-state index is 13.8. The van der Waals surface area contributed by atoms with Gasteiger partial charge < -0.3 is 44.9 Å². The molecule has 0 radical (unpaired) electrons. The van der Waals surface area contributed by atoms with E-state index in [1.54, 1.807) is 44.2 Å². The highest BCUT2D eigenvalue weighted by atomic mass is 16.6. The lowest BCUT2D eigenvalue weighted by Gasteiger charge is -2.36. The molecule has 1 saturated carbocycles. The van der Waals surface area contributed by atoms with E-state index in [4.69, 9.17) is 14.2 Å². The number of hydrogen-bond donors (Lipinski definition) is 3. The van der Waals surface area contributed by atoms with Crippen molar-refractivity contribution < 1.29 is 47.8 Å². The average Bonchev–Trinajstić information content (AvgIpc) is 3.84. The van der Waals surface area contributed by atoms with Crippen molar-refractivity contribution >= 4 is 41.6 Å². The molecule has 2 aromatic rings. The van der Waals surface area contributed by atoms with E-state index < -0.39 is 48.5 Å². The van der Waals surface area contributed by atoms with Crippen molar-refractivity contribution in [3.63, 3.8) is 0 Å². The molecule has 3 aliphatic rings. The highest BCUT2D eigenvalue weighted by Gasteiger charge is 2.36. The molecule has 18 nitrogen and oxygen atoms in total. The Morgan fingerprint density at radius 1 is 0.870 bits per heavy atom. The third kappa shape index (κ3) is 10.0. The van der Waals surface area contributed by atoms with Crippen LogP contribution in [0.15, 0.2) is 36.4 Å². The zero-order chi connectivity index (χ0) is 38.6. The normalized spacial score (nSPS) is 17.5. The van der Waals surface area contributed by atoms with Gasteiger partial charge in [0.2, 0.25) is 17.7 Å². The number of hydrogen-bond acceptors (Lipinski definition) is 11. The Bertz CT molecular complexity index is 1670. The van der Waals surface area contributed by atoms with Gasteiger partial charge in [0, 0.05) is 51.4 Å². The quantitative estimate of drug-likeness (QED) is 0.177. The van der Waals surface area contributed by atoms with E-state index in [1.807, 2.05) is 0 Å². The first-order valence-electron chi connectivity index (χ1n) is 18.4. The molecule has 54 heavy (non-hydrogen) atoms. The number of carbonyl (C=O) groups is 7. The standard InChI is InChI=1S/C36H48N8O10/c1-3-52-35(50)33(48)37-16-15-26(34(49)41-18-20-42(21-19-41)36(51)53-4-2)39-31(46)27-22-30(44(40-27)25-12-6-5-7-13-25)54-23-29(45)43-17-9-14-28(43)32(47)38-24-10-8-11-24/h5-7,12-13,22,24,26,28H,3-4,8-11,14-21,23H2,1-2H3,(H,37,48)(H,38,47)(H,39,46). The van der Waals surface area contributed by atoms with Crippen LogP contribution < -0.4 is 20.7 Å². The predicted octanol–water partition coefficient (Wildman–Crippen LogP) is 0.379. The van der Waals surface area contributed by atoms with Crippen LogP contribution in [0, 0.1) is 0 Å². The number of aromatic nitrogens is 2. The molecule has 292 valence electrons. The van der Waals surface area contributed by atoms with Crippen LogP contribution in [0.25, 0.3) is 5.69 Å². The van der Waals surface area contributed by atoms with Crippen molar-refractivity contribution in [3.05, 3.63) is 42.1 Å². The second-order valence-corrected chi connectivity index (χ2v) is 13.1. The van der Waals surface area contributed by atoms with Gasteiger partial charge in [-0.3, -0.25) is 24.0 Å². The third-order valence-electron chi connectivity index (χ3n) is 9.48. The van der Waals surface area contributed by atoms with E-state index in [1.165, 1.54) is 25.4 Å². The summed E-state index contributed by atoms with van der Waals surface area (Å²) in [5.41, 5.74) is 0.410. The minimum absolute atomic E-state index is 0.00694. The van der Waals surface area contributed by atoms with E-state index in [0.29, 0.717) is 25.1 Å². The number of piperazine rings is 1. The van der Waals surface area contributed by atoms with Gasteiger partial charge in [0.25, 0.3) is 11.8 Å². The van der Waals surface area contributed by atoms with Crippen molar-refractivity contribution in [2.45, 2.75) is 70.5 Å². The molecule has 3 N–H and O–H groups in total. The van der Waals surface area contributed by atoms with Crippen molar-refractivity contribution in [3.8, 4) is 11.6 Å². The number of ether oxygens (including phenoxy) is 3. The van der Waals surface area contributed by atoms with Gasteiger partial charge in [-0.05, 0) is 64.5 Å². The monoisotopic (exact) mass is 752 g/mol. The predicted molar refractivity (Wildman–Crippen MR) is 190 cm³/mol. The lowest BCUT2D eigenvalue weighted by atomic mass is 9.93. The van der Waals surface area contributed by atoms with Crippen molar-refractivity contribution in [2.24, 2.45) is 0 Å². The maximum absolute atomic E-state index is 13.8. The molecule has 3 heterocycles. The van der Waals surface area contributed by atoms with Crippen LogP contribution in [0.1, 0.15) is 62.9 Å². The summed E-state index contributed by atoms with van der Waals surface area (Å²) in [6.45, 7) is 4.12. The summed E-state index contributed by atoms with van der Waals surface area (Å²) < 4.78 is 17.1. The van der Waals surface area contributed by atoms with Gasteiger partial charge in [-0.25, -0.2) is 14.3 Å². The van der Waals surface area contributed by atoms with E-state index in [9.17, 15) is 33.6 Å². The van der Waals surface area contributed by atoms with Gasteiger partial charge in [-0.1, -0.05) is 18.2 Å². The number of esters is 1. The van der Waals surface area contributed by atoms with Crippen molar-refractivity contribution in [2.75, 3.05) is 59.1 Å². The van der Waals surface area contributed by atoms with Gasteiger partial charge in [-0.15, -0.1) is 0 Å². The molecule has 0 spiro atoms. The first kappa shape index (κ1) is 39.5. The van der Waals surface area contributed by atoms with Crippen LogP contribution >= 0.6 is 0 Å². The molecule has 6 amide bonds. The molecule has 18 heteroatoms. The summed E-state index contributed by atoms with van der Waals surface area (Å²) in [5, 5.41) is 12.6. The molecular weight excluding hydrogens is 704 g/mol. The molecule has 2 aliphatic heterocycles. The van der Waals surface area contributed by atoms with Crippen molar-refractivity contribution in [1.29, 1.82) is 0 Å². The second kappa shape index (κ2) is 18.9. The minimum atomic E-state index is -1.17. The molecule has 0 bridgehead atoms. The van der Waals surface area contributed by atoms with Crippen LogP contribution in [-0.4, -0.2) is 143 Å². The van der Waals surface area contributed by atoms with Gasteiger partial charge in [-0.2, -0.15) is 5.10 Å². The number of para-hydroxylation sites is 1. The number of nitrogens with one attached hydrogen (secondary N) is 3. The summed E-state index contributed by atoms with van der Waals surface area (Å²) in [6.07, 6.45) is 3.62. The fourth-order valence-electron chi connectivity index (χ4n) is 6.37.